The number of aliphatic carboxylic acids is 1. The first-order chi connectivity index (χ1) is 11.1. The fourth-order valence-electron chi connectivity index (χ4n) is 2.61. The number of sulfonamides is 1. The van der Waals surface area contributed by atoms with Crippen LogP contribution in [-0.2, 0) is 14.8 Å². The van der Waals surface area contributed by atoms with Crippen LogP contribution >= 0.6 is 0 Å². The summed E-state index contributed by atoms with van der Waals surface area (Å²) in [5.74, 6) is -0.958. The van der Waals surface area contributed by atoms with Gasteiger partial charge in [-0.15, -0.1) is 0 Å². The van der Waals surface area contributed by atoms with Crippen molar-refractivity contribution in [1.82, 2.24) is 9.21 Å². The molecule has 1 atom stereocenters. The van der Waals surface area contributed by atoms with Gasteiger partial charge in [-0.2, -0.15) is 4.31 Å². The van der Waals surface area contributed by atoms with Crippen molar-refractivity contribution in [3.05, 3.63) is 33.9 Å². The van der Waals surface area contributed by atoms with Crippen LogP contribution in [0.2, 0.25) is 0 Å². The lowest BCUT2D eigenvalue weighted by Crippen LogP contribution is -2.53. The molecule has 0 aliphatic carbocycles. The molecule has 24 heavy (non-hydrogen) atoms. The molecular weight excluding hydrogens is 338 g/mol. The molecule has 1 unspecified atom stereocenters. The van der Waals surface area contributed by atoms with Crippen LogP contribution in [0.1, 0.15) is 12.5 Å². The standard InChI is InChI=1S/C14H19N3O6S/c1-10-3-4-12(17(20)21)9-13(10)24(22,23)16-7-5-15(6-8-16)11(2)14(18)19/h3-4,9,11H,5-8H2,1-2H3,(H,18,19). The average molecular weight is 357 g/mol. The zero-order valence-electron chi connectivity index (χ0n) is 13.4. The van der Waals surface area contributed by atoms with Gasteiger partial charge in [-0.1, -0.05) is 6.07 Å². The molecule has 1 saturated heterocycles. The molecule has 0 bridgehead atoms. The summed E-state index contributed by atoms with van der Waals surface area (Å²) in [6.07, 6.45) is 0. The molecule has 0 aromatic heterocycles. The maximum Gasteiger partial charge on any atom is 0.320 e. The fraction of sp³-hybridized carbons (Fsp3) is 0.500. The molecule has 1 aliphatic heterocycles. The van der Waals surface area contributed by atoms with E-state index in [2.05, 4.69) is 0 Å². The molecule has 1 N–H and O–H groups in total. The van der Waals surface area contributed by atoms with E-state index in [0.717, 1.165) is 6.07 Å². The first kappa shape index (κ1) is 18.3. The van der Waals surface area contributed by atoms with Gasteiger partial charge in [-0.25, -0.2) is 8.42 Å². The van der Waals surface area contributed by atoms with Crippen molar-refractivity contribution in [2.24, 2.45) is 0 Å². The van der Waals surface area contributed by atoms with E-state index >= 15 is 0 Å². The van der Waals surface area contributed by atoms with Gasteiger partial charge >= 0.3 is 5.97 Å². The second kappa shape index (κ2) is 6.83. The Labute approximate surface area is 139 Å². The number of hydrogen-bond acceptors (Lipinski definition) is 6. The smallest absolute Gasteiger partial charge is 0.320 e. The summed E-state index contributed by atoms with van der Waals surface area (Å²) in [4.78, 5) is 22.9. The number of aryl methyl sites for hydroxylation is 1. The third-order valence-corrected chi connectivity index (χ3v) is 6.22. The van der Waals surface area contributed by atoms with E-state index in [1.807, 2.05) is 0 Å². The second-order valence-electron chi connectivity index (χ2n) is 5.66. The lowest BCUT2D eigenvalue weighted by molar-refractivity contribution is -0.385. The van der Waals surface area contributed by atoms with Crippen molar-refractivity contribution >= 4 is 21.7 Å². The molecule has 0 spiro atoms. The zero-order valence-corrected chi connectivity index (χ0v) is 14.2. The van der Waals surface area contributed by atoms with Gasteiger partial charge in [0.2, 0.25) is 10.0 Å². The van der Waals surface area contributed by atoms with Crippen LogP contribution in [0.3, 0.4) is 0 Å². The highest BCUT2D eigenvalue weighted by Crippen LogP contribution is 2.25. The first-order valence-corrected chi connectivity index (χ1v) is 8.80. The van der Waals surface area contributed by atoms with Gasteiger partial charge in [0, 0.05) is 38.3 Å². The minimum absolute atomic E-state index is 0.0866. The number of hydrogen-bond donors (Lipinski definition) is 1. The van der Waals surface area contributed by atoms with Gasteiger partial charge in [0.25, 0.3) is 5.69 Å². The monoisotopic (exact) mass is 357 g/mol. The molecular formula is C14H19N3O6S. The maximum atomic E-state index is 12.8. The van der Waals surface area contributed by atoms with Gasteiger partial charge in [-0.05, 0) is 19.4 Å². The quantitative estimate of drug-likeness (QED) is 0.607. The van der Waals surface area contributed by atoms with E-state index in [1.165, 1.54) is 16.4 Å². The molecule has 0 saturated carbocycles. The summed E-state index contributed by atoms with van der Waals surface area (Å²) in [5.41, 5.74) is 0.152. The van der Waals surface area contributed by atoms with Crippen molar-refractivity contribution in [2.45, 2.75) is 24.8 Å². The number of benzene rings is 1. The largest absolute Gasteiger partial charge is 0.480 e. The Kier molecular flexibility index (Phi) is 5.21. The second-order valence-corrected chi connectivity index (χ2v) is 7.57. The lowest BCUT2D eigenvalue weighted by Gasteiger charge is -2.36. The van der Waals surface area contributed by atoms with Gasteiger partial charge in [-0.3, -0.25) is 19.8 Å². The third-order valence-electron chi connectivity index (χ3n) is 4.18. The average Bonchev–Trinajstić information content (AvgIpc) is 2.54. The van der Waals surface area contributed by atoms with Crippen LogP contribution in [0.5, 0.6) is 0 Å². The van der Waals surface area contributed by atoms with Crippen molar-refractivity contribution in [2.75, 3.05) is 26.2 Å². The number of rotatable bonds is 5. The van der Waals surface area contributed by atoms with E-state index in [0.29, 0.717) is 18.7 Å². The number of carboxylic acid groups (broad SMARTS) is 1. The molecule has 1 aromatic rings. The van der Waals surface area contributed by atoms with Gasteiger partial charge in [0.15, 0.2) is 0 Å². The third kappa shape index (κ3) is 3.55. The maximum absolute atomic E-state index is 12.8. The topological polar surface area (TPSA) is 121 Å². The normalized spacial score (nSPS) is 18.2. The summed E-state index contributed by atoms with van der Waals surface area (Å²) in [6.45, 7) is 4.00. The summed E-state index contributed by atoms with van der Waals surface area (Å²) < 4.78 is 26.8. The Morgan fingerprint density at radius 1 is 1.29 bits per heavy atom. The molecule has 9 nitrogen and oxygen atoms in total. The molecule has 1 aliphatic rings. The minimum atomic E-state index is -3.86. The summed E-state index contributed by atoms with van der Waals surface area (Å²) >= 11 is 0. The Balaban J connectivity index is 2.22. The lowest BCUT2D eigenvalue weighted by atomic mass is 10.2. The van der Waals surface area contributed by atoms with Gasteiger partial charge in [0.1, 0.15) is 6.04 Å². The van der Waals surface area contributed by atoms with E-state index in [9.17, 15) is 23.3 Å². The molecule has 0 radical (unpaired) electrons. The fourth-order valence-corrected chi connectivity index (χ4v) is 4.27. The summed E-state index contributed by atoms with van der Waals surface area (Å²) in [5, 5.41) is 19.9. The highest BCUT2D eigenvalue weighted by atomic mass is 32.2. The van der Waals surface area contributed by atoms with Crippen molar-refractivity contribution in [3.8, 4) is 0 Å². The van der Waals surface area contributed by atoms with Crippen LogP contribution in [0.4, 0.5) is 5.69 Å². The van der Waals surface area contributed by atoms with Crippen LogP contribution in [0.25, 0.3) is 0 Å². The van der Waals surface area contributed by atoms with Crippen LogP contribution in [0, 0.1) is 17.0 Å². The Bertz CT molecular complexity index is 756. The van der Waals surface area contributed by atoms with Crippen molar-refractivity contribution in [3.63, 3.8) is 0 Å². The number of carboxylic acids is 1. The molecule has 1 aromatic carbocycles. The number of non-ortho nitro benzene ring substituents is 1. The van der Waals surface area contributed by atoms with E-state index in [-0.39, 0.29) is 23.7 Å². The van der Waals surface area contributed by atoms with Crippen molar-refractivity contribution < 1.29 is 23.2 Å². The molecule has 1 heterocycles. The van der Waals surface area contributed by atoms with Crippen LogP contribution in [-0.4, -0.2) is 65.8 Å². The van der Waals surface area contributed by atoms with Crippen LogP contribution in [0.15, 0.2) is 23.1 Å². The molecule has 1 fully saturated rings. The van der Waals surface area contributed by atoms with E-state index < -0.39 is 27.0 Å². The van der Waals surface area contributed by atoms with Crippen LogP contribution < -0.4 is 0 Å². The number of nitro groups is 1. The number of nitro benzene ring substituents is 1. The first-order valence-electron chi connectivity index (χ1n) is 7.36. The summed E-state index contributed by atoms with van der Waals surface area (Å²) in [6, 6.07) is 3.06. The molecule has 0 amide bonds. The number of nitrogens with zero attached hydrogens (tertiary/aromatic N) is 3. The van der Waals surface area contributed by atoms with Crippen molar-refractivity contribution in [1.29, 1.82) is 0 Å². The predicted octanol–water partition coefficient (Wildman–Crippen LogP) is 0.683. The van der Waals surface area contributed by atoms with Gasteiger partial charge in [0.05, 0.1) is 9.82 Å². The molecule has 2 rings (SSSR count). The van der Waals surface area contributed by atoms with Gasteiger partial charge < -0.3 is 5.11 Å². The zero-order chi connectivity index (χ0) is 18.1. The minimum Gasteiger partial charge on any atom is -0.480 e. The highest BCUT2D eigenvalue weighted by Gasteiger charge is 2.33. The number of piperazine rings is 1. The Hall–Kier alpha value is -2.04. The molecule has 10 heteroatoms. The Morgan fingerprint density at radius 3 is 2.38 bits per heavy atom. The highest BCUT2D eigenvalue weighted by molar-refractivity contribution is 7.89. The van der Waals surface area contributed by atoms with E-state index in [1.54, 1.807) is 18.7 Å². The number of carbonyl (C=O) groups is 1. The Morgan fingerprint density at radius 2 is 1.88 bits per heavy atom. The SMILES string of the molecule is Cc1ccc([N+](=O)[O-])cc1S(=O)(=O)N1CCN(C(C)C(=O)O)CC1. The predicted molar refractivity (Wildman–Crippen MR) is 85.3 cm³/mol. The van der Waals surface area contributed by atoms with E-state index in [4.69, 9.17) is 5.11 Å². The molecule has 132 valence electrons. The summed E-state index contributed by atoms with van der Waals surface area (Å²) in [7, 11) is -3.86.